The first-order valence-electron chi connectivity index (χ1n) is 10.3. The molecule has 3 fully saturated rings. The minimum absolute atomic E-state index is 0.193. The Labute approximate surface area is 151 Å². The topological polar surface area (TPSA) is 54.4 Å². The summed E-state index contributed by atoms with van der Waals surface area (Å²) in [5.74, 6) is 2.27. The van der Waals surface area contributed by atoms with E-state index in [1.807, 2.05) is 0 Å². The molecule has 25 heavy (non-hydrogen) atoms. The average Bonchev–Trinajstić information content (AvgIpc) is 2.90. The maximum absolute atomic E-state index is 12.9. The van der Waals surface area contributed by atoms with Crippen molar-refractivity contribution >= 4 is 11.8 Å². The van der Waals surface area contributed by atoms with Gasteiger partial charge in [-0.05, 0) is 87.4 Å². The van der Waals surface area contributed by atoms with Gasteiger partial charge in [0.25, 0.3) is 0 Å². The molecule has 0 bridgehead atoms. The number of aliphatic carboxylic acids is 1. The molecule has 1 N–H and O–H groups in total. The highest BCUT2D eigenvalue weighted by atomic mass is 16.4. The second-order valence-electron chi connectivity index (χ2n) is 9.56. The van der Waals surface area contributed by atoms with Crippen LogP contribution in [0.5, 0.6) is 0 Å². The highest BCUT2D eigenvalue weighted by molar-refractivity contribution is 5.89. The third kappa shape index (κ3) is 2.44. The van der Waals surface area contributed by atoms with Crippen molar-refractivity contribution in [2.24, 2.45) is 34.5 Å². The lowest BCUT2D eigenvalue weighted by atomic mass is 9.46. The van der Waals surface area contributed by atoms with E-state index < -0.39 is 5.97 Å². The summed E-state index contributed by atoms with van der Waals surface area (Å²) < 4.78 is 0. The molecular formula is C22H32O3. The number of carboxylic acids is 1. The number of hydrogen-bond donors (Lipinski definition) is 1. The second-order valence-corrected chi connectivity index (χ2v) is 9.56. The van der Waals surface area contributed by atoms with E-state index in [9.17, 15) is 9.59 Å². The molecule has 0 aliphatic heterocycles. The summed E-state index contributed by atoms with van der Waals surface area (Å²) in [7, 11) is 0. The van der Waals surface area contributed by atoms with Gasteiger partial charge in [-0.15, -0.1) is 0 Å². The van der Waals surface area contributed by atoms with Gasteiger partial charge < -0.3 is 5.11 Å². The lowest BCUT2D eigenvalue weighted by molar-refractivity contribution is -0.139. The molecule has 3 heteroatoms. The third-order valence-corrected chi connectivity index (χ3v) is 8.84. The van der Waals surface area contributed by atoms with Gasteiger partial charge in [-0.25, -0.2) is 0 Å². The molecule has 0 unspecified atom stereocenters. The molecule has 4 rings (SSSR count). The molecule has 0 heterocycles. The zero-order valence-corrected chi connectivity index (χ0v) is 15.7. The summed E-state index contributed by atoms with van der Waals surface area (Å²) in [5, 5.41) is 9.09. The van der Waals surface area contributed by atoms with E-state index >= 15 is 0 Å². The van der Waals surface area contributed by atoms with E-state index in [4.69, 9.17) is 5.11 Å². The number of carboxylic acid groups (broad SMARTS) is 1. The number of rotatable bonds is 3. The fourth-order valence-electron chi connectivity index (χ4n) is 7.44. The van der Waals surface area contributed by atoms with Crippen LogP contribution in [0.3, 0.4) is 0 Å². The zero-order chi connectivity index (χ0) is 17.8. The first-order chi connectivity index (χ1) is 11.9. The molecule has 0 spiro atoms. The van der Waals surface area contributed by atoms with Crippen LogP contribution in [0.1, 0.15) is 78.1 Å². The molecule has 0 aromatic carbocycles. The van der Waals surface area contributed by atoms with Gasteiger partial charge in [0.05, 0.1) is 5.41 Å². The third-order valence-electron chi connectivity index (χ3n) is 8.84. The summed E-state index contributed by atoms with van der Waals surface area (Å²) >= 11 is 0. The monoisotopic (exact) mass is 344 g/mol. The summed E-state index contributed by atoms with van der Waals surface area (Å²) in [6.07, 6.45) is 12.3. The number of carbonyl (C=O) groups excluding carboxylic acids is 1. The fourth-order valence-corrected chi connectivity index (χ4v) is 7.44. The van der Waals surface area contributed by atoms with E-state index in [0.717, 1.165) is 32.1 Å². The van der Waals surface area contributed by atoms with Crippen molar-refractivity contribution in [1.29, 1.82) is 0 Å². The van der Waals surface area contributed by atoms with Crippen molar-refractivity contribution in [2.75, 3.05) is 0 Å². The number of allylic oxidation sites excluding steroid dienone is 2. The lowest BCUT2D eigenvalue weighted by Gasteiger charge is -2.57. The normalized spacial score (nSPS) is 46.0. The van der Waals surface area contributed by atoms with Gasteiger partial charge in [0.1, 0.15) is 5.78 Å². The molecule has 0 aromatic rings. The summed E-state index contributed by atoms with van der Waals surface area (Å²) in [5.41, 5.74) is 1.54. The molecule has 0 radical (unpaired) electrons. The van der Waals surface area contributed by atoms with Gasteiger partial charge >= 0.3 is 5.97 Å². The van der Waals surface area contributed by atoms with Crippen LogP contribution in [-0.2, 0) is 9.59 Å². The van der Waals surface area contributed by atoms with Crippen LogP contribution in [0.4, 0.5) is 0 Å². The van der Waals surface area contributed by atoms with Gasteiger partial charge in [0.2, 0.25) is 0 Å². The van der Waals surface area contributed by atoms with Crippen LogP contribution >= 0.6 is 0 Å². The highest BCUT2D eigenvalue weighted by Crippen LogP contribution is 2.66. The molecular weight excluding hydrogens is 312 g/mol. The summed E-state index contributed by atoms with van der Waals surface area (Å²) in [6, 6.07) is 0. The second kappa shape index (κ2) is 5.96. The van der Waals surface area contributed by atoms with Crippen LogP contribution in [0.2, 0.25) is 0 Å². The Bertz CT molecular complexity index is 621. The molecule has 0 saturated heterocycles. The highest BCUT2D eigenvalue weighted by Gasteiger charge is 2.60. The van der Waals surface area contributed by atoms with E-state index in [2.05, 4.69) is 19.9 Å². The predicted molar refractivity (Wildman–Crippen MR) is 97.1 cm³/mol. The maximum atomic E-state index is 12.9. The Hall–Kier alpha value is -1.12. The van der Waals surface area contributed by atoms with Crippen molar-refractivity contribution in [3.8, 4) is 0 Å². The smallest absolute Gasteiger partial charge is 0.303 e. The Morgan fingerprint density at radius 1 is 1.16 bits per heavy atom. The van der Waals surface area contributed by atoms with Crippen LogP contribution in [-0.4, -0.2) is 16.9 Å². The van der Waals surface area contributed by atoms with E-state index in [1.54, 1.807) is 0 Å². The van der Waals surface area contributed by atoms with E-state index in [1.165, 1.54) is 31.3 Å². The molecule has 3 saturated carbocycles. The van der Waals surface area contributed by atoms with Gasteiger partial charge in [-0.3, -0.25) is 9.59 Å². The van der Waals surface area contributed by atoms with Crippen molar-refractivity contribution < 1.29 is 14.7 Å². The average molecular weight is 344 g/mol. The minimum Gasteiger partial charge on any atom is -0.481 e. The minimum atomic E-state index is -0.659. The van der Waals surface area contributed by atoms with Crippen molar-refractivity contribution in [2.45, 2.75) is 78.1 Å². The van der Waals surface area contributed by atoms with Crippen LogP contribution in [0.25, 0.3) is 0 Å². The Kier molecular flexibility index (Phi) is 4.12. The number of fused-ring (bicyclic) bond motifs is 5. The zero-order valence-electron chi connectivity index (χ0n) is 15.7. The molecule has 0 amide bonds. The van der Waals surface area contributed by atoms with Gasteiger partial charge in [0.15, 0.2) is 0 Å². The van der Waals surface area contributed by atoms with Crippen molar-refractivity contribution in [3.63, 3.8) is 0 Å². The standard InChI is InChI=1S/C22H32O3/c1-21-13-12-18-16(17(21)10-7-14(21)8-11-20(24)25)9-6-15-4-3-5-19(23)22(15,18)2/h4,14,16-18H,3,5-13H2,1-2H3,(H,24,25)/t14-,16-,17-,18-,21+,22-/m0/s1. The molecule has 4 aliphatic carbocycles. The molecule has 0 aromatic heterocycles. The van der Waals surface area contributed by atoms with E-state index in [-0.39, 0.29) is 5.41 Å². The van der Waals surface area contributed by atoms with Crippen LogP contribution in [0, 0.1) is 34.5 Å². The van der Waals surface area contributed by atoms with Crippen LogP contribution < -0.4 is 0 Å². The molecule has 3 nitrogen and oxygen atoms in total. The Balaban J connectivity index is 1.60. The number of Topliss-reactive ketones (excluding diaryl/α,β-unsaturated/α-hetero) is 1. The number of ketones is 1. The van der Waals surface area contributed by atoms with Gasteiger partial charge in [0, 0.05) is 12.8 Å². The molecule has 138 valence electrons. The number of hydrogen-bond acceptors (Lipinski definition) is 2. The summed E-state index contributed by atoms with van der Waals surface area (Å²) in [6.45, 7) is 4.68. The van der Waals surface area contributed by atoms with E-state index in [0.29, 0.717) is 41.3 Å². The molecule has 4 aliphatic rings. The fraction of sp³-hybridized carbons (Fsp3) is 0.818. The van der Waals surface area contributed by atoms with Gasteiger partial charge in [-0.2, -0.15) is 0 Å². The quantitative estimate of drug-likeness (QED) is 0.733. The molecule has 6 atom stereocenters. The first-order valence-corrected chi connectivity index (χ1v) is 10.3. The first kappa shape index (κ1) is 17.3. The lowest BCUT2D eigenvalue weighted by Crippen LogP contribution is -2.53. The SMILES string of the molecule is C[C@]12C(=O)CCC=C1CC[C@@H]1[C@@H]2CC[C@]2(C)[C@H](CCC(=O)O)CC[C@@H]12. The summed E-state index contributed by atoms with van der Waals surface area (Å²) in [4.78, 5) is 24.0. The Morgan fingerprint density at radius 3 is 2.72 bits per heavy atom. The maximum Gasteiger partial charge on any atom is 0.303 e. The predicted octanol–water partition coefficient (Wildman–Crippen LogP) is 5.00. The van der Waals surface area contributed by atoms with Crippen molar-refractivity contribution in [1.82, 2.24) is 0 Å². The Morgan fingerprint density at radius 2 is 1.96 bits per heavy atom. The van der Waals surface area contributed by atoms with Crippen LogP contribution in [0.15, 0.2) is 11.6 Å². The largest absolute Gasteiger partial charge is 0.481 e. The number of carbonyl (C=O) groups is 2. The van der Waals surface area contributed by atoms with Crippen molar-refractivity contribution in [3.05, 3.63) is 11.6 Å². The van der Waals surface area contributed by atoms with Gasteiger partial charge in [-0.1, -0.05) is 18.6 Å².